The zero-order valence-electron chi connectivity index (χ0n) is 21.1. The van der Waals surface area contributed by atoms with Gasteiger partial charge in [-0.2, -0.15) is 0 Å². The Balaban J connectivity index is 1.48. The van der Waals surface area contributed by atoms with Gasteiger partial charge in [-0.05, 0) is 30.2 Å². The molecule has 3 amide bonds. The van der Waals surface area contributed by atoms with E-state index < -0.39 is 0 Å². The number of nitrogens with one attached hydrogen (secondary N) is 2. The summed E-state index contributed by atoms with van der Waals surface area (Å²) >= 11 is 1.25. The molecule has 0 atom stereocenters. The molecule has 10 nitrogen and oxygen atoms in total. The van der Waals surface area contributed by atoms with Crippen molar-refractivity contribution in [2.24, 2.45) is 5.92 Å². The first-order valence-electron chi connectivity index (χ1n) is 12.1. The van der Waals surface area contributed by atoms with Gasteiger partial charge in [-0.15, -0.1) is 11.3 Å². The van der Waals surface area contributed by atoms with Crippen molar-refractivity contribution in [2.75, 3.05) is 64.9 Å². The third kappa shape index (κ3) is 8.89. The second kappa shape index (κ2) is 13.9. The van der Waals surface area contributed by atoms with Crippen molar-refractivity contribution in [1.82, 2.24) is 20.1 Å². The van der Waals surface area contributed by atoms with E-state index in [0.29, 0.717) is 35.2 Å². The monoisotopic (exact) mass is 517 g/mol. The standard InChI is InChI=1S/C25H35N5O5S/c1-18(2)15-30(24(33)19-4-6-21(34-3)7-5-19)16-23(32)28-25-27-20(17-36-25)14-22(31)26-8-9-29-10-12-35-13-11-29/h4-7,17-18H,8-16H2,1-3H3,(H,26,31)(H,27,28,32). The molecule has 2 N–H and O–H groups in total. The lowest BCUT2D eigenvalue weighted by Gasteiger charge is -2.26. The fourth-order valence-corrected chi connectivity index (χ4v) is 4.49. The van der Waals surface area contributed by atoms with Gasteiger partial charge in [-0.3, -0.25) is 19.3 Å². The number of rotatable bonds is 12. The highest BCUT2D eigenvalue weighted by atomic mass is 32.1. The van der Waals surface area contributed by atoms with E-state index in [1.165, 1.54) is 16.2 Å². The van der Waals surface area contributed by atoms with Crippen LogP contribution in [0.5, 0.6) is 5.75 Å². The van der Waals surface area contributed by atoms with Gasteiger partial charge in [0.25, 0.3) is 5.91 Å². The summed E-state index contributed by atoms with van der Waals surface area (Å²) in [6.07, 6.45) is 0.144. The Morgan fingerprint density at radius 1 is 1.17 bits per heavy atom. The maximum absolute atomic E-state index is 13.0. The molecule has 1 aliphatic heterocycles. The number of anilines is 1. The molecule has 2 heterocycles. The number of nitrogens with zero attached hydrogens (tertiary/aromatic N) is 3. The SMILES string of the molecule is COc1ccc(C(=O)N(CC(=O)Nc2nc(CC(=O)NCCN3CCOCC3)cs2)CC(C)C)cc1. The number of hydrogen-bond acceptors (Lipinski definition) is 8. The van der Waals surface area contributed by atoms with Crippen molar-refractivity contribution in [3.8, 4) is 5.75 Å². The Bertz CT molecular complexity index is 1000. The summed E-state index contributed by atoms with van der Waals surface area (Å²) in [5, 5.41) is 7.82. The number of ether oxygens (including phenoxy) is 2. The van der Waals surface area contributed by atoms with Crippen LogP contribution in [0.15, 0.2) is 29.6 Å². The van der Waals surface area contributed by atoms with Gasteiger partial charge in [-0.25, -0.2) is 4.98 Å². The second-order valence-electron chi connectivity index (χ2n) is 8.98. The molecule has 0 bridgehead atoms. The van der Waals surface area contributed by atoms with Gasteiger partial charge in [0.2, 0.25) is 11.8 Å². The summed E-state index contributed by atoms with van der Waals surface area (Å²) in [6.45, 7) is 8.90. The smallest absolute Gasteiger partial charge is 0.254 e. The molecular formula is C25H35N5O5S. The summed E-state index contributed by atoms with van der Waals surface area (Å²) in [4.78, 5) is 46.1. The highest BCUT2D eigenvalue weighted by Crippen LogP contribution is 2.17. The van der Waals surface area contributed by atoms with Gasteiger partial charge in [0.05, 0.1) is 32.4 Å². The van der Waals surface area contributed by atoms with Crippen LogP contribution in [0.4, 0.5) is 5.13 Å². The minimum absolute atomic E-state index is 0.0972. The van der Waals surface area contributed by atoms with Crippen LogP contribution in [0, 0.1) is 5.92 Å². The zero-order valence-corrected chi connectivity index (χ0v) is 21.9. The number of aromatic nitrogens is 1. The normalized spacial score (nSPS) is 13.9. The maximum Gasteiger partial charge on any atom is 0.254 e. The number of benzene rings is 1. The van der Waals surface area contributed by atoms with Crippen molar-refractivity contribution in [3.05, 3.63) is 40.9 Å². The number of morpholine rings is 1. The first-order chi connectivity index (χ1) is 17.3. The van der Waals surface area contributed by atoms with E-state index in [4.69, 9.17) is 9.47 Å². The van der Waals surface area contributed by atoms with E-state index in [-0.39, 0.29) is 36.6 Å². The molecule has 0 aliphatic carbocycles. The molecular weight excluding hydrogens is 482 g/mol. The van der Waals surface area contributed by atoms with Gasteiger partial charge in [-0.1, -0.05) is 13.8 Å². The van der Waals surface area contributed by atoms with Gasteiger partial charge in [0, 0.05) is 43.7 Å². The first-order valence-corrected chi connectivity index (χ1v) is 13.0. The molecule has 196 valence electrons. The molecule has 3 rings (SSSR count). The van der Waals surface area contributed by atoms with Crippen molar-refractivity contribution in [3.63, 3.8) is 0 Å². The Hall–Kier alpha value is -3.02. The number of carbonyl (C=O) groups is 3. The van der Waals surface area contributed by atoms with E-state index in [0.717, 1.165) is 32.8 Å². The predicted molar refractivity (Wildman–Crippen MR) is 138 cm³/mol. The summed E-state index contributed by atoms with van der Waals surface area (Å²) in [6, 6.07) is 6.81. The van der Waals surface area contributed by atoms with E-state index in [1.807, 2.05) is 13.8 Å². The molecule has 1 aromatic carbocycles. The molecule has 0 radical (unpaired) electrons. The predicted octanol–water partition coefficient (Wildman–Crippen LogP) is 1.88. The molecule has 0 saturated carbocycles. The van der Waals surface area contributed by atoms with E-state index in [1.54, 1.807) is 36.8 Å². The summed E-state index contributed by atoms with van der Waals surface area (Å²) in [5.41, 5.74) is 1.08. The highest BCUT2D eigenvalue weighted by molar-refractivity contribution is 7.13. The van der Waals surface area contributed by atoms with Crippen molar-refractivity contribution in [2.45, 2.75) is 20.3 Å². The number of thiazole rings is 1. The molecule has 2 aromatic rings. The Morgan fingerprint density at radius 3 is 2.56 bits per heavy atom. The lowest BCUT2D eigenvalue weighted by Crippen LogP contribution is -2.41. The van der Waals surface area contributed by atoms with E-state index in [2.05, 4.69) is 20.5 Å². The molecule has 0 unspecified atom stereocenters. The first kappa shape index (κ1) is 27.6. The van der Waals surface area contributed by atoms with Gasteiger partial charge in [0.1, 0.15) is 12.3 Å². The molecule has 1 aromatic heterocycles. The van der Waals surface area contributed by atoms with Crippen LogP contribution in [-0.2, 0) is 20.7 Å². The fraction of sp³-hybridized carbons (Fsp3) is 0.520. The van der Waals surface area contributed by atoms with Crippen molar-refractivity contribution < 1.29 is 23.9 Å². The quantitative estimate of drug-likeness (QED) is 0.442. The van der Waals surface area contributed by atoms with Crippen LogP contribution in [0.25, 0.3) is 0 Å². The summed E-state index contributed by atoms with van der Waals surface area (Å²) in [7, 11) is 1.56. The Morgan fingerprint density at radius 2 is 1.89 bits per heavy atom. The second-order valence-corrected chi connectivity index (χ2v) is 9.84. The number of hydrogen-bond donors (Lipinski definition) is 2. The topological polar surface area (TPSA) is 113 Å². The Kier molecular flexibility index (Phi) is 10.6. The van der Waals surface area contributed by atoms with Gasteiger partial charge >= 0.3 is 0 Å². The molecule has 1 fully saturated rings. The summed E-state index contributed by atoms with van der Waals surface area (Å²) < 4.78 is 10.5. The largest absolute Gasteiger partial charge is 0.497 e. The van der Waals surface area contributed by atoms with Gasteiger partial charge < -0.3 is 25.0 Å². The molecule has 1 saturated heterocycles. The van der Waals surface area contributed by atoms with Crippen molar-refractivity contribution >= 4 is 34.2 Å². The zero-order chi connectivity index (χ0) is 25.9. The summed E-state index contributed by atoms with van der Waals surface area (Å²) in [5.74, 6) is 0.168. The van der Waals surface area contributed by atoms with Crippen LogP contribution >= 0.6 is 11.3 Å². The molecule has 1 aliphatic rings. The minimum Gasteiger partial charge on any atom is -0.497 e. The van der Waals surface area contributed by atoms with Gasteiger partial charge in [0.15, 0.2) is 5.13 Å². The Labute approximate surface area is 216 Å². The number of carbonyl (C=O) groups excluding carboxylic acids is 3. The third-order valence-corrected chi connectivity index (χ3v) is 6.34. The van der Waals surface area contributed by atoms with Crippen LogP contribution < -0.4 is 15.4 Å². The maximum atomic E-state index is 13.0. The number of methoxy groups -OCH3 is 1. The minimum atomic E-state index is -0.339. The molecule has 36 heavy (non-hydrogen) atoms. The van der Waals surface area contributed by atoms with Crippen LogP contribution in [0.3, 0.4) is 0 Å². The fourth-order valence-electron chi connectivity index (χ4n) is 3.76. The average Bonchev–Trinajstić information content (AvgIpc) is 3.29. The highest BCUT2D eigenvalue weighted by Gasteiger charge is 2.21. The third-order valence-electron chi connectivity index (χ3n) is 5.54. The van der Waals surface area contributed by atoms with Crippen molar-refractivity contribution in [1.29, 1.82) is 0 Å². The average molecular weight is 518 g/mol. The van der Waals surface area contributed by atoms with E-state index >= 15 is 0 Å². The van der Waals surface area contributed by atoms with Crippen LogP contribution in [0.1, 0.15) is 29.9 Å². The number of amides is 3. The van der Waals surface area contributed by atoms with Crippen LogP contribution in [0.2, 0.25) is 0 Å². The molecule has 11 heteroatoms. The lowest BCUT2D eigenvalue weighted by atomic mass is 10.1. The van der Waals surface area contributed by atoms with Crippen LogP contribution in [-0.4, -0.2) is 92.1 Å². The lowest BCUT2D eigenvalue weighted by molar-refractivity contribution is -0.120. The van der Waals surface area contributed by atoms with E-state index in [9.17, 15) is 14.4 Å². The molecule has 0 spiro atoms.